The van der Waals surface area contributed by atoms with Gasteiger partial charge in [0.05, 0.1) is 6.10 Å². The molecule has 1 aliphatic carbocycles. The molecule has 2 rings (SSSR count). The van der Waals surface area contributed by atoms with Crippen molar-refractivity contribution in [3.05, 3.63) is 21.9 Å². The summed E-state index contributed by atoms with van der Waals surface area (Å²) in [5.41, 5.74) is 1.41. The second-order valence-corrected chi connectivity index (χ2v) is 5.14. The lowest BCUT2D eigenvalue weighted by Crippen LogP contribution is -2.14. The molecule has 1 N–H and O–H groups in total. The number of aliphatic hydroxyl groups is 1. The molecule has 1 fully saturated rings. The third-order valence-corrected chi connectivity index (χ3v) is 3.81. The van der Waals surface area contributed by atoms with E-state index >= 15 is 0 Å². The SMILES string of the molecule is Cc1cc(CC2CCCC2O)cs1. The molecule has 1 nitrogen and oxygen atoms in total. The van der Waals surface area contributed by atoms with Crippen molar-refractivity contribution in [1.29, 1.82) is 0 Å². The average molecular weight is 196 g/mol. The van der Waals surface area contributed by atoms with E-state index in [-0.39, 0.29) is 6.10 Å². The first-order valence-electron chi connectivity index (χ1n) is 4.98. The molecule has 2 heteroatoms. The van der Waals surface area contributed by atoms with E-state index in [1.807, 2.05) is 11.3 Å². The van der Waals surface area contributed by atoms with Gasteiger partial charge in [0, 0.05) is 4.88 Å². The largest absolute Gasteiger partial charge is 0.393 e. The topological polar surface area (TPSA) is 20.2 Å². The van der Waals surface area contributed by atoms with Crippen molar-refractivity contribution in [2.24, 2.45) is 5.92 Å². The van der Waals surface area contributed by atoms with Crippen LogP contribution in [-0.4, -0.2) is 11.2 Å². The van der Waals surface area contributed by atoms with E-state index in [0.29, 0.717) is 5.92 Å². The summed E-state index contributed by atoms with van der Waals surface area (Å²) in [5.74, 6) is 0.522. The molecule has 0 saturated heterocycles. The maximum Gasteiger partial charge on any atom is 0.0571 e. The van der Waals surface area contributed by atoms with Crippen LogP contribution in [0.25, 0.3) is 0 Å². The Morgan fingerprint density at radius 2 is 2.38 bits per heavy atom. The van der Waals surface area contributed by atoms with Gasteiger partial charge >= 0.3 is 0 Å². The van der Waals surface area contributed by atoms with Gasteiger partial charge in [0.25, 0.3) is 0 Å². The van der Waals surface area contributed by atoms with E-state index in [1.54, 1.807) is 0 Å². The van der Waals surface area contributed by atoms with Crippen molar-refractivity contribution in [1.82, 2.24) is 0 Å². The lowest BCUT2D eigenvalue weighted by Gasteiger charge is -2.12. The van der Waals surface area contributed by atoms with Crippen LogP contribution in [-0.2, 0) is 6.42 Å². The predicted octanol–water partition coefficient (Wildman–Crippen LogP) is 2.76. The summed E-state index contributed by atoms with van der Waals surface area (Å²) < 4.78 is 0. The molecule has 0 bridgehead atoms. The van der Waals surface area contributed by atoms with E-state index < -0.39 is 0 Å². The fourth-order valence-electron chi connectivity index (χ4n) is 2.16. The Morgan fingerprint density at radius 3 is 2.92 bits per heavy atom. The van der Waals surface area contributed by atoms with Gasteiger partial charge in [-0.15, -0.1) is 11.3 Å². The van der Waals surface area contributed by atoms with Crippen molar-refractivity contribution in [3.63, 3.8) is 0 Å². The first-order chi connectivity index (χ1) is 6.25. The number of hydrogen-bond acceptors (Lipinski definition) is 2. The Labute approximate surface area is 83.4 Å². The average Bonchev–Trinajstić information content (AvgIpc) is 2.64. The van der Waals surface area contributed by atoms with Crippen LogP contribution in [0, 0.1) is 12.8 Å². The third kappa shape index (κ3) is 2.12. The Balaban J connectivity index is 1.97. The highest BCUT2D eigenvalue weighted by Crippen LogP contribution is 2.29. The highest BCUT2D eigenvalue weighted by molar-refractivity contribution is 7.10. The number of rotatable bonds is 2. The minimum absolute atomic E-state index is 0.0415. The minimum Gasteiger partial charge on any atom is -0.393 e. The lowest BCUT2D eigenvalue weighted by atomic mass is 9.98. The molecule has 1 heterocycles. The van der Waals surface area contributed by atoms with Crippen molar-refractivity contribution in [3.8, 4) is 0 Å². The van der Waals surface area contributed by atoms with Crippen molar-refractivity contribution in [2.45, 2.75) is 38.7 Å². The Hall–Kier alpha value is -0.340. The summed E-state index contributed by atoms with van der Waals surface area (Å²) in [6.45, 7) is 2.14. The van der Waals surface area contributed by atoms with Crippen LogP contribution in [0.1, 0.15) is 29.7 Å². The van der Waals surface area contributed by atoms with Gasteiger partial charge < -0.3 is 5.11 Å². The van der Waals surface area contributed by atoms with Crippen LogP contribution in [0.2, 0.25) is 0 Å². The molecular weight excluding hydrogens is 180 g/mol. The normalized spacial score (nSPS) is 28.2. The lowest BCUT2D eigenvalue weighted by molar-refractivity contribution is 0.133. The van der Waals surface area contributed by atoms with Gasteiger partial charge in [-0.25, -0.2) is 0 Å². The van der Waals surface area contributed by atoms with Gasteiger partial charge in [-0.05, 0) is 49.1 Å². The molecule has 72 valence electrons. The minimum atomic E-state index is -0.0415. The van der Waals surface area contributed by atoms with E-state index in [4.69, 9.17) is 0 Å². The number of aliphatic hydroxyl groups excluding tert-OH is 1. The van der Waals surface area contributed by atoms with E-state index in [2.05, 4.69) is 18.4 Å². The van der Waals surface area contributed by atoms with Crippen LogP contribution < -0.4 is 0 Å². The van der Waals surface area contributed by atoms with Crippen LogP contribution in [0.15, 0.2) is 11.4 Å². The Bertz CT molecular complexity index is 279. The smallest absolute Gasteiger partial charge is 0.0571 e. The second-order valence-electron chi connectivity index (χ2n) is 4.03. The summed E-state index contributed by atoms with van der Waals surface area (Å²) in [6.07, 6.45) is 4.45. The molecule has 0 spiro atoms. The maximum absolute atomic E-state index is 9.66. The predicted molar refractivity (Wildman–Crippen MR) is 56.1 cm³/mol. The first kappa shape index (κ1) is 9.22. The van der Waals surface area contributed by atoms with E-state index in [0.717, 1.165) is 12.8 Å². The van der Waals surface area contributed by atoms with Gasteiger partial charge in [-0.2, -0.15) is 0 Å². The quantitative estimate of drug-likeness (QED) is 0.771. The highest BCUT2D eigenvalue weighted by atomic mass is 32.1. The van der Waals surface area contributed by atoms with Gasteiger partial charge in [-0.1, -0.05) is 6.42 Å². The highest BCUT2D eigenvalue weighted by Gasteiger charge is 2.25. The van der Waals surface area contributed by atoms with Crippen LogP contribution >= 0.6 is 11.3 Å². The summed E-state index contributed by atoms with van der Waals surface area (Å²) in [6, 6.07) is 2.25. The standard InChI is InChI=1S/C11H16OS/c1-8-5-9(7-13-8)6-10-3-2-4-11(10)12/h5,7,10-12H,2-4,6H2,1H3. The van der Waals surface area contributed by atoms with Gasteiger partial charge in [-0.3, -0.25) is 0 Å². The summed E-state index contributed by atoms with van der Waals surface area (Å²) in [4.78, 5) is 1.38. The number of aryl methyl sites for hydroxylation is 1. The fraction of sp³-hybridized carbons (Fsp3) is 0.636. The van der Waals surface area contributed by atoms with E-state index in [1.165, 1.54) is 23.3 Å². The molecule has 13 heavy (non-hydrogen) atoms. The summed E-state index contributed by atoms with van der Waals surface area (Å²) in [7, 11) is 0. The number of thiophene rings is 1. The molecule has 2 unspecified atom stereocenters. The molecule has 2 atom stereocenters. The van der Waals surface area contributed by atoms with Gasteiger partial charge in [0.2, 0.25) is 0 Å². The zero-order chi connectivity index (χ0) is 9.26. The van der Waals surface area contributed by atoms with Crippen LogP contribution in [0.5, 0.6) is 0 Å². The fourth-order valence-corrected chi connectivity index (χ4v) is 2.88. The summed E-state index contributed by atoms with van der Waals surface area (Å²) >= 11 is 1.81. The maximum atomic E-state index is 9.66. The van der Waals surface area contributed by atoms with Gasteiger partial charge in [0.15, 0.2) is 0 Å². The van der Waals surface area contributed by atoms with Gasteiger partial charge in [0.1, 0.15) is 0 Å². The Morgan fingerprint density at radius 1 is 1.54 bits per heavy atom. The zero-order valence-corrected chi connectivity index (χ0v) is 8.81. The van der Waals surface area contributed by atoms with Crippen molar-refractivity contribution >= 4 is 11.3 Å². The molecule has 0 aliphatic heterocycles. The van der Waals surface area contributed by atoms with Crippen molar-refractivity contribution < 1.29 is 5.11 Å². The molecule has 0 aromatic carbocycles. The van der Waals surface area contributed by atoms with E-state index in [9.17, 15) is 5.11 Å². The molecule has 1 aromatic rings. The summed E-state index contributed by atoms with van der Waals surface area (Å²) in [5, 5.41) is 11.9. The molecule has 0 radical (unpaired) electrons. The third-order valence-electron chi connectivity index (χ3n) is 2.90. The molecule has 0 amide bonds. The first-order valence-corrected chi connectivity index (χ1v) is 5.86. The monoisotopic (exact) mass is 196 g/mol. The van der Waals surface area contributed by atoms with Crippen LogP contribution in [0.4, 0.5) is 0 Å². The number of hydrogen-bond donors (Lipinski definition) is 1. The van der Waals surface area contributed by atoms with Crippen molar-refractivity contribution in [2.75, 3.05) is 0 Å². The molecule has 1 saturated carbocycles. The molecular formula is C11H16OS. The Kier molecular flexibility index (Phi) is 2.70. The second kappa shape index (κ2) is 3.81. The molecule has 1 aromatic heterocycles. The molecule has 1 aliphatic rings. The zero-order valence-electron chi connectivity index (χ0n) is 7.99. The van der Waals surface area contributed by atoms with Crippen LogP contribution in [0.3, 0.4) is 0 Å².